The first-order valence-electron chi connectivity index (χ1n) is 9.56. The predicted octanol–water partition coefficient (Wildman–Crippen LogP) is 5.58. The van der Waals surface area contributed by atoms with Crippen molar-refractivity contribution >= 4 is 50.5 Å². The maximum absolute atomic E-state index is 13.0. The lowest BCUT2D eigenvalue weighted by molar-refractivity contribution is -0.122. The topological polar surface area (TPSA) is 71.4 Å². The summed E-state index contributed by atoms with van der Waals surface area (Å²) in [5.41, 5.74) is 1.49. The highest BCUT2D eigenvalue weighted by atomic mass is 79.9. The monoisotopic (exact) mass is 490 g/mol. The van der Waals surface area contributed by atoms with E-state index in [1.165, 1.54) is 18.9 Å². The number of rotatable bonds is 7. The number of aliphatic imine (C=N–C) groups is 1. The number of phenolic OH excluding ortho intramolecular Hbond substituents is 1. The van der Waals surface area contributed by atoms with Crippen LogP contribution < -0.4 is 9.47 Å². The van der Waals surface area contributed by atoms with Gasteiger partial charge in [-0.05, 0) is 73.1 Å². The minimum atomic E-state index is -0.0921. The maximum atomic E-state index is 13.0. The number of benzene rings is 2. The number of halogens is 1. The van der Waals surface area contributed by atoms with Gasteiger partial charge in [-0.15, -0.1) is 0 Å². The number of carbonyl (C=O) groups is 1. The molecule has 1 saturated heterocycles. The second kappa shape index (κ2) is 10.0. The van der Waals surface area contributed by atoms with Gasteiger partial charge in [0.1, 0.15) is 5.75 Å². The molecular weight excluding hydrogens is 468 g/mol. The molecule has 3 rings (SSSR count). The predicted molar refractivity (Wildman–Crippen MR) is 125 cm³/mol. The molecule has 1 aliphatic rings. The molecule has 8 heteroatoms. The van der Waals surface area contributed by atoms with Crippen molar-refractivity contribution in [2.75, 3.05) is 20.3 Å². The Morgan fingerprint density at radius 3 is 2.60 bits per heavy atom. The van der Waals surface area contributed by atoms with Crippen LogP contribution in [0.4, 0.5) is 5.69 Å². The summed E-state index contributed by atoms with van der Waals surface area (Å²) >= 11 is 4.76. The lowest BCUT2D eigenvalue weighted by atomic mass is 10.2. The first-order chi connectivity index (χ1) is 14.5. The van der Waals surface area contributed by atoms with E-state index in [-0.39, 0.29) is 11.7 Å². The highest BCUT2D eigenvalue weighted by Crippen LogP contribution is 2.38. The molecule has 6 nitrogen and oxygen atoms in total. The Hall–Kier alpha value is -2.45. The molecule has 1 fully saturated rings. The number of methoxy groups -OCH3 is 1. The van der Waals surface area contributed by atoms with Crippen molar-refractivity contribution in [3.63, 3.8) is 0 Å². The zero-order valence-corrected chi connectivity index (χ0v) is 19.4. The molecule has 2 aromatic rings. The van der Waals surface area contributed by atoms with Crippen LogP contribution in [-0.4, -0.2) is 41.3 Å². The van der Waals surface area contributed by atoms with Gasteiger partial charge in [0.2, 0.25) is 0 Å². The van der Waals surface area contributed by atoms with Gasteiger partial charge in [-0.3, -0.25) is 9.69 Å². The molecule has 30 heavy (non-hydrogen) atoms. The molecule has 0 spiro atoms. The summed E-state index contributed by atoms with van der Waals surface area (Å²) in [7, 11) is 1.49. The van der Waals surface area contributed by atoms with Gasteiger partial charge in [-0.2, -0.15) is 0 Å². The molecule has 0 aliphatic carbocycles. The number of carbonyl (C=O) groups excluding carboxylic acids is 1. The summed E-state index contributed by atoms with van der Waals surface area (Å²) in [5.74, 6) is 1.07. The molecule has 1 aliphatic heterocycles. The number of nitrogens with zero attached hydrogens (tertiary/aromatic N) is 2. The summed E-state index contributed by atoms with van der Waals surface area (Å²) in [6.45, 7) is 5.15. The minimum absolute atomic E-state index is 0.0299. The molecule has 0 saturated carbocycles. The van der Waals surface area contributed by atoms with Crippen LogP contribution in [0.15, 0.2) is 50.8 Å². The lowest BCUT2D eigenvalue weighted by Crippen LogP contribution is -2.29. The molecule has 1 amide bonds. The summed E-state index contributed by atoms with van der Waals surface area (Å²) in [6, 6.07) is 10.7. The standard InChI is InChI=1S/C22H23BrN2O4S/c1-4-10-25-21(27)20(12-14-11-19(28-3)18(26)13-17(14)23)30-22(25)24-15-6-8-16(9-7-15)29-5-2/h6-9,11-13,26H,4-5,10H2,1-3H3/b20-12-,24-22?. The maximum Gasteiger partial charge on any atom is 0.266 e. The van der Waals surface area contributed by atoms with E-state index in [9.17, 15) is 9.90 Å². The molecule has 1 heterocycles. The third kappa shape index (κ3) is 4.99. The Bertz CT molecular complexity index is 989. The average molecular weight is 491 g/mol. The molecule has 0 bridgehead atoms. The van der Waals surface area contributed by atoms with E-state index in [1.54, 1.807) is 23.1 Å². The van der Waals surface area contributed by atoms with Crippen molar-refractivity contribution in [3.8, 4) is 17.2 Å². The highest BCUT2D eigenvalue weighted by Gasteiger charge is 2.33. The first kappa shape index (κ1) is 22.2. The van der Waals surface area contributed by atoms with Crippen molar-refractivity contribution in [2.24, 2.45) is 4.99 Å². The van der Waals surface area contributed by atoms with Crippen molar-refractivity contribution in [1.82, 2.24) is 4.90 Å². The number of ether oxygens (including phenoxy) is 2. The van der Waals surface area contributed by atoms with E-state index < -0.39 is 0 Å². The van der Waals surface area contributed by atoms with Gasteiger partial charge in [0.25, 0.3) is 5.91 Å². The van der Waals surface area contributed by atoms with Gasteiger partial charge >= 0.3 is 0 Å². The van der Waals surface area contributed by atoms with Crippen molar-refractivity contribution in [1.29, 1.82) is 0 Å². The number of amides is 1. The Labute approximate surface area is 188 Å². The largest absolute Gasteiger partial charge is 0.504 e. The number of hydrogen-bond acceptors (Lipinski definition) is 6. The van der Waals surface area contributed by atoms with Crippen LogP contribution in [0.5, 0.6) is 17.2 Å². The zero-order chi connectivity index (χ0) is 21.7. The summed E-state index contributed by atoms with van der Waals surface area (Å²) < 4.78 is 11.3. The second-order valence-electron chi connectivity index (χ2n) is 6.43. The van der Waals surface area contributed by atoms with Crippen LogP contribution in [0, 0.1) is 0 Å². The third-order valence-corrected chi connectivity index (χ3v) is 5.99. The van der Waals surface area contributed by atoms with E-state index in [0.717, 1.165) is 23.4 Å². The molecule has 0 radical (unpaired) electrons. The van der Waals surface area contributed by atoms with Crippen LogP contribution in [0.1, 0.15) is 25.8 Å². The van der Waals surface area contributed by atoms with Crippen molar-refractivity contribution in [2.45, 2.75) is 20.3 Å². The number of thioether (sulfide) groups is 1. The van der Waals surface area contributed by atoms with Crippen LogP contribution in [0.3, 0.4) is 0 Å². The van der Waals surface area contributed by atoms with Crippen LogP contribution in [-0.2, 0) is 4.79 Å². The molecule has 0 atom stereocenters. The molecule has 2 aromatic carbocycles. The van der Waals surface area contributed by atoms with Gasteiger partial charge in [-0.25, -0.2) is 4.99 Å². The van der Waals surface area contributed by atoms with E-state index in [0.29, 0.717) is 33.4 Å². The Kier molecular flexibility index (Phi) is 7.44. The lowest BCUT2D eigenvalue weighted by Gasteiger charge is -2.14. The second-order valence-corrected chi connectivity index (χ2v) is 8.30. The summed E-state index contributed by atoms with van der Waals surface area (Å²) in [5, 5.41) is 10.6. The fourth-order valence-corrected chi connectivity index (χ4v) is 4.34. The Morgan fingerprint density at radius 2 is 1.97 bits per heavy atom. The summed E-state index contributed by atoms with van der Waals surface area (Å²) in [6.07, 6.45) is 2.60. The molecular formula is C22H23BrN2O4S. The number of aromatic hydroxyl groups is 1. The van der Waals surface area contributed by atoms with E-state index in [4.69, 9.17) is 9.47 Å². The van der Waals surface area contributed by atoms with Crippen molar-refractivity contribution in [3.05, 3.63) is 51.3 Å². The fraction of sp³-hybridized carbons (Fsp3) is 0.273. The average Bonchev–Trinajstić information content (AvgIpc) is 3.01. The Balaban J connectivity index is 1.93. The van der Waals surface area contributed by atoms with Crippen LogP contribution in [0.2, 0.25) is 0 Å². The molecule has 0 aromatic heterocycles. The quantitative estimate of drug-likeness (QED) is 0.513. The molecule has 0 unspecified atom stereocenters. The van der Waals surface area contributed by atoms with E-state index in [1.807, 2.05) is 38.1 Å². The number of hydrogen-bond donors (Lipinski definition) is 1. The van der Waals surface area contributed by atoms with Gasteiger partial charge in [-0.1, -0.05) is 22.9 Å². The first-order valence-corrected chi connectivity index (χ1v) is 11.2. The number of amidine groups is 1. The SMILES string of the molecule is CCCN1C(=O)/C(=C/c2cc(OC)c(O)cc2Br)SC1=Nc1ccc(OCC)cc1. The zero-order valence-electron chi connectivity index (χ0n) is 17.0. The minimum Gasteiger partial charge on any atom is -0.504 e. The third-order valence-electron chi connectivity index (χ3n) is 4.29. The molecule has 1 N–H and O–H groups in total. The smallest absolute Gasteiger partial charge is 0.266 e. The Morgan fingerprint density at radius 1 is 1.23 bits per heavy atom. The molecule has 158 valence electrons. The van der Waals surface area contributed by atoms with Gasteiger partial charge < -0.3 is 14.6 Å². The highest BCUT2D eigenvalue weighted by molar-refractivity contribution is 9.10. The van der Waals surface area contributed by atoms with Gasteiger partial charge in [0.05, 0.1) is 24.3 Å². The van der Waals surface area contributed by atoms with Crippen molar-refractivity contribution < 1.29 is 19.4 Å². The van der Waals surface area contributed by atoms with Crippen LogP contribution in [0.25, 0.3) is 6.08 Å². The van der Waals surface area contributed by atoms with E-state index >= 15 is 0 Å². The van der Waals surface area contributed by atoms with Gasteiger partial charge in [0.15, 0.2) is 16.7 Å². The normalized spacial score (nSPS) is 16.5. The fourth-order valence-electron chi connectivity index (χ4n) is 2.88. The summed E-state index contributed by atoms with van der Waals surface area (Å²) in [4.78, 5) is 19.9. The van der Waals surface area contributed by atoms with Crippen LogP contribution >= 0.6 is 27.7 Å². The van der Waals surface area contributed by atoms with E-state index in [2.05, 4.69) is 20.9 Å². The number of phenols is 1. The van der Waals surface area contributed by atoms with Gasteiger partial charge in [0, 0.05) is 11.0 Å².